The third-order valence-corrected chi connectivity index (χ3v) is 2.86. The lowest BCUT2D eigenvalue weighted by Gasteiger charge is -1.96. The summed E-state index contributed by atoms with van der Waals surface area (Å²) in [5.74, 6) is 0.601. The van der Waals surface area contributed by atoms with Crippen molar-refractivity contribution in [3.05, 3.63) is 41.2 Å². The molecular weight excluding hydrogens is 252 g/mol. The molecule has 0 saturated heterocycles. The maximum atomic E-state index is 6.13. The van der Waals surface area contributed by atoms with Crippen LogP contribution in [0, 0.1) is 0 Å². The van der Waals surface area contributed by atoms with E-state index in [4.69, 9.17) is 16.3 Å². The maximum Gasteiger partial charge on any atom is 0.230 e. The fourth-order valence-corrected chi connectivity index (χ4v) is 2.05. The number of hydrogen-bond acceptors (Lipinski definition) is 3. The molecular formula is C12H11ClN4O. The van der Waals surface area contributed by atoms with Crippen molar-refractivity contribution < 1.29 is 4.74 Å². The fraction of sp³-hybridized carbons (Fsp3) is 0.167. The number of halogens is 1. The van der Waals surface area contributed by atoms with Crippen LogP contribution in [0.4, 0.5) is 0 Å². The van der Waals surface area contributed by atoms with Crippen molar-refractivity contribution in [2.24, 2.45) is 0 Å². The summed E-state index contributed by atoms with van der Waals surface area (Å²) in [4.78, 5) is 7.61. The van der Waals surface area contributed by atoms with Crippen LogP contribution in [-0.4, -0.2) is 26.9 Å². The molecule has 3 rings (SSSR count). The number of H-pyrrole nitrogens is 1. The molecule has 0 amide bonds. The van der Waals surface area contributed by atoms with E-state index in [0.717, 1.165) is 16.7 Å². The highest BCUT2D eigenvalue weighted by Crippen LogP contribution is 2.18. The Morgan fingerprint density at radius 3 is 3.00 bits per heavy atom. The number of nitrogens with zero attached hydrogens (tertiary/aromatic N) is 3. The first-order chi connectivity index (χ1) is 8.78. The Morgan fingerprint density at radius 2 is 2.22 bits per heavy atom. The van der Waals surface area contributed by atoms with E-state index < -0.39 is 0 Å². The van der Waals surface area contributed by atoms with Gasteiger partial charge < -0.3 is 9.72 Å². The number of fused-ring (bicyclic) bond motifs is 1. The molecule has 1 N–H and O–H groups in total. The number of hydrogen-bond donors (Lipinski definition) is 1. The Hall–Kier alpha value is -1.85. The van der Waals surface area contributed by atoms with E-state index in [1.54, 1.807) is 17.9 Å². The summed E-state index contributed by atoms with van der Waals surface area (Å²) in [6, 6.07) is 9.54. The van der Waals surface area contributed by atoms with Gasteiger partial charge >= 0.3 is 0 Å². The molecule has 0 radical (unpaired) electrons. The molecule has 0 aliphatic rings. The highest BCUT2D eigenvalue weighted by Gasteiger charge is 2.11. The number of methoxy groups -OCH3 is 1. The molecule has 3 aromatic rings. The normalized spacial score (nSPS) is 11.2. The second-order valence-electron chi connectivity index (χ2n) is 3.88. The van der Waals surface area contributed by atoms with Gasteiger partial charge in [0.25, 0.3) is 0 Å². The summed E-state index contributed by atoms with van der Waals surface area (Å²) >= 11 is 6.13. The van der Waals surface area contributed by atoms with Gasteiger partial charge in [-0.15, -0.1) is 0 Å². The number of aromatic nitrogens is 4. The first-order valence-electron chi connectivity index (χ1n) is 5.46. The molecule has 18 heavy (non-hydrogen) atoms. The molecule has 2 aromatic heterocycles. The number of benzene rings is 1. The zero-order chi connectivity index (χ0) is 12.5. The van der Waals surface area contributed by atoms with E-state index in [1.807, 2.05) is 24.3 Å². The van der Waals surface area contributed by atoms with E-state index in [2.05, 4.69) is 15.1 Å². The van der Waals surface area contributed by atoms with Gasteiger partial charge in [0.1, 0.15) is 5.15 Å². The monoisotopic (exact) mass is 262 g/mol. The Balaban J connectivity index is 2.08. The molecule has 0 bridgehead atoms. The summed E-state index contributed by atoms with van der Waals surface area (Å²) in [6.07, 6.45) is 0. The Labute approximate surface area is 108 Å². The van der Waals surface area contributed by atoms with Crippen LogP contribution in [0.3, 0.4) is 0 Å². The highest BCUT2D eigenvalue weighted by atomic mass is 35.5. The van der Waals surface area contributed by atoms with Crippen LogP contribution in [0.15, 0.2) is 30.3 Å². The van der Waals surface area contributed by atoms with Gasteiger partial charge in [-0.25, -0.2) is 4.98 Å². The highest BCUT2D eigenvalue weighted by molar-refractivity contribution is 6.29. The summed E-state index contributed by atoms with van der Waals surface area (Å²) < 4.78 is 6.59. The van der Waals surface area contributed by atoms with Gasteiger partial charge in [0.15, 0.2) is 0 Å². The molecule has 2 heterocycles. The molecule has 0 spiro atoms. The average molecular weight is 263 g/mol. The molecule has 1 aromatic carbocycles. The Morgan fingerprint density at radius 1 is 1.39 bits per heavy atom. The largest absolute Gasteiger partial charge is 0.378 e. The van der Waals surface area contributed by atoms with E-state index in [-0.39, 0.29) is 0 Å². The van der Waals surface area contributed by atoms with Crippen LogP contribution >= 0.6 is 11.6 Å². The average Bonchev–Trinajstić information content (AvgIpc) is 2.92. The zero-order valence-corrected chi connectivity index (χ0v) is 10.5. The van der Waals surface area contributed by atoms with Crippen molar-refractivity contribution in [2.45, 2.75) is 6.61 Å². The third kappa shape index (κ3) is 1.87. The van der Waals surface area contributed by atoms with Gasteiger partial charge in [-0.3, -0.25) is 0 Å². The minimum Gasteiger partial charge on any atom is -0.378 e. The lowest BCUT2D eigenvalue weighted by atomic mass is 10.3. The van der Waals surface area contributed by atoms with Crippen LogP contribution in [0.2, 0.25) is 5.15 Å². The van der Waals surface area contributed by atoms with Gasteiger partial charge in [-0.05, 0) is 12.1 Å². The molecule has 0 aliphatic carbocycles. The Bertz CT molecular complexity index is 655. The number of para-hydroxylation sites is 2. The Kier molecular flexibility index (Phi) is 2.77. The number of ether oxygens (including phenoxy) is 1. The van der Waals surface area contributed by atoms with E-state index in [1.165, 1.54) is 0 Å². The van der Waals surface area contributed by atoms with Crippen LogP contribution < -0.4 is 0 Å². The van der Waals surface area contributed by atoms with Crippen LogP contribution in [0.25, 0.3) is 17.0 Å². The van der Waals surface area contributed by atoms with Crippen molar-refractivity contribution in [1.29, 1.82) is 0 Å². The van der Waals surface area contributed by atoms with Gasteiger partial charge in [0.05, 0.1) is 23.3 Å². The minimum absolute atomic E-state index is 0.424. The summed E-state index contributed by atoms with van der Waals surface area (Å²) in [6.45, 7) is 0.424. The molecule has 0 fully saturated rings. The topological polar surface area (TPSA) is 55.7 Å². The van der Waals surface area contributed by atoms with Crippen LogP contribution in [0.1, 0.15) is 5.69 Å². The van der Waals surface area contributed by atoms with Crippen molar-refractivity contribution in [3.8, 4) is 5.95 Å². The second-order valence-corrected chi connectivity index (χ2v) is 4.27. The zero-order valence-electron chi connectivity index (χ0n) is 9.72. The third-order valence-electron chi connectivity index (χ3n) is 2.59. The molecule has 92 valence electrons. The van der Waals surface area contributed by atoms with Crippen molar-refractivity contribution >= 4 is 22.6 Å². The fourth-order valence-electron chi connectivity index (χ4n) is 1.81. The lowest BCUT2D eigenvalue weighted by molar-refractivity contribution is 0.181. The smallest absolute Gasteiger partial charge is 0.230 e. The van der Waals surface area contributed by atoms with Gasteiger partial charge in [-0.2, -0.15) is 9.78 Å². The van der Waals surface area contributed by atoms with Crippen molar-refractivity contribution in [3.63, 3.8) is 0 Å². The minimum atomic E-state index is 0.424. The first-order valence-corrected chi connectivity index (χ1v) is 5.84. The first kappa shape index (κ1) is 11.3. The van der Waals surface area contributed by atoms with E-state index in [0.29, 0.717) is 17.7 Å². The molecule has 6 heteroatoms. The second kappa shape index (κ2) is 4.44. The van der Waals surface area contributed by atoms with Crippen LogP contribution in [0.5, 0.6) is 0 Å². The predicted octanol–water partition coefficient (Wildman–Crippen LogP) is 2.55. The summed E-state index contributed by atoms with van der Waals surface area (Å²) in [5.41, 5.74) is 2.60. The molecule has 5 nitrogen and oxygen atoms in total. The van der Waals surface area contributed by atoms with Gasteiger partial charge in [0, 0.05) is 13.2 Å². The molecule has 0 saturated carbocycles. The predicted molar refractivity (Wildman–Crippen MR) is 68.9 cm³/mol. The number of rotatable bonds is 3. The molecule has 0 aliphatic heterocycles. The van der Waals surface area contributed by atoms with E-state index in [9.17, 15) is 0 Å². The number of aromatic amines is 1. The molecule has 0 atom stereocenters. The maximum absolute atomic E-state index is 6.13. The number of imidazole rings is 1. The van der Waals surface area contributed by atoms with Crippen LogP contribution in [-0.2, 0) is 11.3 Å². The lowest BCUT2D eigenvalue weighted by Crippen LogP contribution is -2.00. The van der Waals surface area contributed by atoms with Gasteiger partial charge in [0.2, 0.25) is 5.95 Å². The van der Waals surface area contributed by atoms with Gasteiger partial charge in [-0.1, -0.05) is 23.7 Å². The van der Waals surface area contributed by atoms with E-state index >= 15 is 0 Å². The quantitative estimate of drug-likeness (QED) is 0.789. The number of nitrogens with one attached hydrogen (secondary N) is 1. The molecule has 0 unspecified atom stereocenters. The SMILES string of the molecule is COCc1cc(Cl)n(-c2nc3ccccc3[nH]2)n1. The summed E-state index contributed by atoms with van der Waals surface area (Å²) in [5, 5.41) is 4.83. The van der Waals surface area contributed by atoms with Crippen molar-refractivity contribution in [2.75, 3.05) is 7.11 Å². The standard InChI is InChI=1S/C12H11ClN4O/c1-18-7-8-6-11(13)17(16-8)12-14-9-4-2-3-5-10(9)15-12/h2-6H,7H2,1H3,(H,14,15). The summed E-state index contributed by atoms with van der Waals surface area (Å²) in [7, 11) is 1.62. The van der Waals surface area contributed by atoms with Crippen molar-refractivity contribution in [1.82, 2.24) is 19.7 Å².